The molecule has 6 nitrogen and oxygen atoms in total. The minimum Gasteiger partial charge on any atom is -0.462 e. The highest BCUT2D eigenvalue weighted by molar-refractivity contribution is 5.72. The maximum atomic E-state index is 12.7. The molecule has 0 radical (unpaired) electrons. The van der Waals surface area contributed by atoms with Gasteiger partial charge in [-0.15, -0.1) is 0 Å². The number of allylic oxidation sites excluding steroid dienone is 17. The van der Waals surface area contributed by atoms with Gasteiger partial charge in [0.25, 0.3) is 0 Å². The van der Waals surface area contributed by atoms with Crippen LogP contribution < -0.4 is 0 Å². The SMILES string of the molecule is CC/C=C\C/C=C\C/C=C\C/C=C\C/C=C\CC(=O)OC(COC(=O)CCCCCCC/C=C\CCCC)COC(=O)CCCCCCCC/C=C\C/C=C\C/C=C\CCCCC. The maximum absolute atomic E-state index is 12.7. The molecule has 0 rings (SSSR count). The number of unbranched alkanes of at least 4 members (excludes halogenated alkanes) is 16. The van der Waals surface area contributed by atoms with E-state index < -0.39 is 12.1 Å². The Balaban J connectivity index is 4.52. The molecule has 1 atom stereocenters. The Labute approximate surface area is 387 Å². The van der Waals surface area contributed by atoms with E-state index in [2.05, 4.69) is 118 Å². The number of rotatable bonds is 44. The quantitative estimate of drug-likeness (QED) is 0.0263. The van der Waals surface area contributed by atoms with Crippen molar-refractivity contribution >= 4 is 17.9 Å². The summed E-state index contributed by atoms with van der Waals surface area (Å²) in [6, 6.07) is 0. The molecule has 0 spiro atoms. The summed E-state index contributed by atoms with van der Waals surface area (Å²) in [7, 11) is 0. The topological polar surface area (TPSA) is 78.9 Å². The molecule has 0 heterocycles. The van der Waals surface area contributed by atoms with E-state index in [1.54, 1.807) is 6.08 Å². The van der Waals surface area contributed by atoms with Crippen molar-refractivity contribution in [3.63, 3.8) is 0 Å². The smallest absolute Gasteiger partial charge is 0.310 e. The number of carbonyl (C=O) groups excluding carboxylic acids is 3. The predicted octanol–water partition coefficient (Wildman–Crippen LogP) is 16.8. The van der Waals surface area contributed by atoms with E-state index >= 15 is 0 Å². The first-order valence-electron chi connectivity index (χ1n) is 25.4. The lowest BCUT2D eigenvalue weighted by molar-refractivity contribution is -0.166. The summed E-state index contributed by atoms with van der Waals surface area (Å²) in [6.07, 6.45) is 68.1. The lowest BCUT2D eigenvalue weighted by atomic mass is 10.1. The van der Waals surface area contributed by atoms with Gasteiger partial charge in [-0.3, -0.25) is 14.4 Å². The molecule has 0 aliphatic heterocycles. The summed E-state index contributed by atoms with van der Waals surface area (Å²) >= 11 is 0. The first-order chi connectivity index (χ1) is 31.0. The minimum absolute atomic E-state index is 0.0887. The standard InChI is InChI=1S/C57H92O6/c1-4-7-10-13-16-19-22-24-26-27-28-29-31-32-35-38-41-44-47-50-56(59)62-53-54(52-61-55(58)49-46-43-40-37-34-21-18-15-12-9-6-3)63-57(60)51-48-45-42-39-36-33-30-25-23-20-17-14-11-8-5-2/h8,11,15-20,24-26,28-30,36,39,45,48,54H,4-7,9-10,12-14,21-23,27,31-35,37-38,40-44,46-47,49-53H2,1-3H3/b11-8-,18-15-,19-16-,20-17-,26-24-,29-28-,30-25-,39-36-,48-45-. The molecule has 63 heavy (non-hydrogen) atoms. The van der Waals surface area contributed by atoms with Crippen LogP contribution in [0.15, 0.2) is 109 Å². The zero-order valence-electron chi connectivity index (χ0n) is 40.5. The Hall–Kier alpha value is -3.93. The summed E-state index contributed by atoms with van der Waals surface area (Å²) in [5, 5.41) is 0. The molecule has 0 aromatic rings. The van der Waals surface area contributed by atoms with Gasteiger partial charge in [0.2, 0.25) is 0 Å². The lowest BCUT2D eigenvalue weighted by Crippen LogP contribution is -2.30. The van der Waals surface area contributed by atoms with E-state index in [-0.39, 0.29) is 31.6 Å². The first kappa shape index (κ1) is 59.1. The van der Waals surface area contributed by atoms with Crippen LogP contribution in [0.4, 0.5) is 0 Å². The van der Waals surface area contributed by atoms with Crippen LogP contribution in [0.1, 0.15) is 213 Å². The number of hydrogen-bond acceptors (Lipinski definition) is 6. The van der Waals surface area contributed by atoms with E-state index in [9.17, 15) is 14.4 Å². The third kappa shape index (κ3) is 49.0. The van der Waals surface area contributed by atoms with Crippen LogP contribution >= 0.6 is 0 Å². The summed E-state index contributed by atoms with van der Waals surface area (Å²) in [4.78, 5) is 37.9. The van der Waals surface area contributed by atoms with Gasteiger partial charge < -0.3 is 14.2 Å². The van der Waals surface area contributed by atoms with Gasteiger partial charge in [-0.1, -0.05) is 201 Å². The summed E-state index contributed by atoms with van der Waals surface area (Å²) in [5.74, 6) is -1.09. The lowest BCUT2D eigenvalue weighted by Gasteiger charge is -2.18. The van der Waals surface area contributed by atoms with Crippen LogP contribution in [0.2, 0.25) is 0 Å². The number of ether oxygens (including phenoxy) is 3. The van der Waals surface area contributed by atoms with Gasteiger partial charge in [-0.2, -0.15) is 0 Å². The van der Waals surface area contributed by atoms with Gasteiger partial charge in [-0.25, -0.2) is 0 Å². The fraction of sp³-hybridized carbons (Fsp3) is 0.632. The van der Waals surface area contributed by atoms with Gasteiger partial charge in [0.1, 0.15) is 13.2 Å². The molecule has 0 amide bonds. The van der Waals surface area contributed by atoms with Crippen molar-refractivity contribution in [2.75, 3.05) is 13.2 Å². The monoisotopic (exact) mass is 873 g/mol. The number of esters is 3. The molecule has 0 aromatic carbocycles. The molecule has 1 unspecified atom stereocenters. The van der Waals surface area contributed by atoms with Gasteiger partial charge in [0.15, 0.2) is 6.10 Å². The second-order valence-corrected chi connectivity index (χ2v) is 16.4. The predicted molar refractivity (Wildman–Crippen MR) is 270 cm³/mol. The van der Waals surface area contributed by atoms with Crippen molar-refractivity contribution in [2.45, 2.75) is 219 Å². The van der Waals surface area contributed by atoms with Crippen molar-refractivity contribution in [1.29, 1.82) is 0 Å². The van der Waals surface area contributed by atoms with Crippen molar-refractivity contribution in [1.82, 2.24) is 0 Å². The fourth-order valence-corrected chi connectivity index (χ4v) is 6.44. The van der Waals surface area contributed by atoms with E-state index in [4.69, 9.17) is 14.2 Å². The largest absolute Gasteiger partial charge is 0.462 e. The number of hydrogen-bond donors (Lipinski definition) is 0. The van der Waals surface area contributed by atoms with Crippen molar-refractivity contribution in [2.24, 2.45) is 0 Å². The maximum Gasteiger partial charge on any atom is 0.310 e. The van der Waals surface area contributed by atoms with Crippen molar-refractivity contribution < 1.29 is 28.6 Å². The van der Waals surface area contributed by atoms with Gasteiger partial charge in [0.05, 0.1) is 6.42 Å². The molecule has 0 bridgehead atoms. The van der Waals surface area contributed by atoms with Gasteiger partial charge >= 0.3 is 17.9 Å². The van der Waals surface area contributed by atoms with Crippen molar-refractivity contribution in [3.8, 4) is 0 Å². The third-order valence-electron chi connectivity index (χ3n) is 10.3. The Bertz CT molecular complexity index is 1330. The average molecular weight is 873 g/mol. The fourth-order valence-electron chi connectivity index (χ4n) is 6.44. The van der Waals surface area contributed by atoms with Crippen molar-refractivity contribution in [3.05, 3.63) is 109 Å². The highest BCUT2D eigenvalue weighted by Crippen LogP contribution is 2.12. The first-order valence-corrected chi connectivity index (χ1v) is 25.4. The Morgan fingerprint density at radius 1 is 0.349 bits per heavy atom. The normalized spacial score (nSPS) is 13.0. The van der Waals surface area contributed by atoms with Gasteiger partial charge in [-0.05, 0) is 103 Å². The van der Waals surface area contributed by atoms with Crippen LogP contribution in [0.3, 0.4) is 0 Å². The van der Waals surface area contributed by atoms with Crippen LogP contribution in [-0.2, 0) is 28.6 Å². The van der Waals surface area contributed by atoms with Gasteiger partial charge in [0, 0.05) is 12.8 Å². The van der Waals surface area contributed by atoms with E-state index in [1.807, 2.05) is 6.08 Å². The van der Waals surface area contributed by atoms with Crippen LogP contribution in [-0.4, -0.2) is 37.2 Å². The zero-order chi connectivity index (χ0) is 45.8. The Morgan fingerprint density at radius 2 is 0.683 bits per heavy atom. The molecule has 0 saturated carbocycles. The average Bonchev–Trinajstić information content (AvgIpc) is 3.28. The Morgan fingerprint density at radius 3 is 1.11 bits per heavy atom. The third-order valence-corrected chi connectivity index (χ3v) is 10.3. The highest BCUT2D eigenvalue weighted by atomic mass is 16.6. The Kier molecular flexibility index (Phi) is 47.5. The molecular formula is C57H92O6. The van der Waals surface area contributed by atoms with Crippen LogP contribution in [0, 0.1) is 0 Å². The molecule has 0 aliphatic carbocycles. The molecule has 0 fully saturated rings. The highest BCUT2D eigenvalue weighted by Gasteiger charge is 2.19. The molecule has 0 aliphatic rings. The molecule has 0 saturated heterocycles. The second kappa shape index (κ2) is 50.7. The summed E-state index contributed by atoms with van der Waals surface area (Å²) in [5.41, 5.74) is 0. The molecular weight excluding hydrogens is 781 g/mol. The number of carbonyl (C=O) groups is 3. The molecule has 0 N–H and O–H groups in total. The van der Waals surface area contributed by atoms with Crippen LogP contribution in [0.25, 0.3) is 0 Å². The molecule has 6 heteroatoms. The summed E-state index contributed by atoms with van der Waals surface area (Å²) < 4.78 is 16.6. The van der Waals surface area contributed by atoms with E-state index in [0.29, 0.717) is 19.3 Å². The summed E-state index contributed by atoms with van der Waals surface area (Å²) in [6.45, 7) is 6.33. The van der Waals surface area contributed by atoms with Crippen LogP contribution in [0.5, 0.6) is 0 Å². The van der Waals surface area contributed by atoms with E-state index in [0.717, 1.165) is 103 Å². The molecule has 356 valence electrons. The van der Waals surface area contributed by atoms with E-state index in [1.165, 1.54) is 64.2 Å². The second-order valence-electron chi connectivity index (χ2n) is 16.4. The zero-order valence-corrected chi connectivity index (χ0v) is 40.5. The minimum atomic E-state index is -0.842. The molecule has 0 aromatic heterocycles.